The van der Waals surface area contributed by atoms with E-state index >= 15 is 0 Å². The first-order chi connectivity index (χ1) is 11.2. The van der Waals surface area contributed by atoms with Crippen molar-refractivity contribution in [2.75, 3.05) is 13.1 Å². The fourth-order valence-corrected chi connectivity index (χ4v) is 2.87. The molecule has 3 rings (SSSR count). The molecule has 1 aliphatic rings. The zero-order valence-corrected chi connectivity index (χ0v) is 15.9. The molecule has 1 aliphatic heterocycles. The van der Waals surface area contributed by atoms with Crippen molar-refractivity contribution in [3.63, 3.8) is 0 Å². The Bertz CT molecular complexity index is 653. The monoisotopic (exact) mass is 385 g/mol. The van der Waals surface area contributed by atoms with E-state index in [4.69, 9.17) is 0 Å². The first-order valence-electron chi connectivity index (χ1n) is 8.15. The lowest BCUT2D eigenvalue weighted by Crippen LogP contribution is -2.23. The van der Waals surface area contributed by atoms with Crippen LogP contribution in [0, 0.1) is 12.8 Å². The lowest BCUT2D eigenvalue weighted by Gasteiger charge is -2.09. The number of pyridine rings is 1. The molecule has 2 aromatic rings. The topological polar surface area (TPSA) is 71.8 Å². The first kappa shape index (κ1) is 21.4. The van der Waals surface area contributed by atoms with Crippen molar-refractivity contribution in [2.45, 2.75) is 32.7 Å². The van der Waals surface area contributed by atoms with E-state index in [1.165, 1.54) is 6.42 Å². The zero-order valence-electron chi connectivity index (χ0n) is 14.3. The van der Waals surface area contributed by atoms with E-state index in [9.17, 15) is 4.79 Å². The number of imidazole rings is 1. The second-order valence-electron chi connectivity index (χ2n) is 6.04. The Labute approximate surface area is 160 Å². The number of aromatic nitrogens is 3. The summed E-state index contributed by atoms with van der Waals surface area (Å²) in [4.78, 5) is 20.5. The SMILES string of the molecule is Cc1nccn1-c1ccc(CNC(=O)CCC2CCNC2)cn1.Cl.Cl. The molecule has 25 heavy (non-hydrogen) atoms. The van der Waals surface area contributed by atoms with E-state index in [0.717, 1.165) is 36.7 Å². The first-order valence-corrected chi connectivity index (χ1v) is 8.15. The molecular weight excluding hydrogens is 361 g/mol. The van der Waals surface area contributed by atoms with E-state index in [1.807, 2.05) is 29.8 Å². The maximum atomic E-state index is 11.9. The molecule has 1 saturated heterocycles. The van der Waals surface area contributed by atoms with Crippen molar-refractivity contribution < 1.29 is 4.79 Å². The molecule has 0 bridgehead atoms. The lowest BCUT2D eigenvalue weighted by atomic mass is 10.0. The number of nitrogens with zero attached hydrogens (tertiary/aromatic N) is 3. The normalized spacial score (nSPS) is 16.0. The second-order valence-corrected chi connectivity index (χ2v) is 6.04. The predicted octanol–water partition coefficient (Wildman–Crippen LogP) is 2.43. The lowest BCUT2D eigenvalue weighted by molar-refractivity contribution is -0.121. The molecular formula is C17H25Cl2N5O. The molecule has 2 N–H and O–H groups in total. The van der Waals surface area contributed by atoms with Gasteiger partial charge in [-0.1, -0.05) is 6.07 Å². The van der Waals surface area contributed by atoms with Gasteiger partial charge in [-0.15, -0.1) is 24.8 Å². The van der Waals surface area contributed by atoms with E-state index < -0.39 is 0 Å². The van der Waals surface area contributed by atoms with Crippen molar-refractivity contribution in [3.05, 3.63) is 42.1 Å². The molecule has 0 aromatic carbocycles. The van der Waals surface area contributed by atoms with Gasteiger partial charge in [0.1, 0.15) is 11.6 Å². The average molecular weight is 386 g/mol. The summed E-state index contributed by atoms with van der Waals surface area (Å²) in [7, 11) is 0. The molecule has 138 valence electrons. The Hall–Kier alpha value is -1.63. The minimum Gasteiger partial charge on any atom is -0.352 e. The van der Waals surface area contributed by atoms with Gasteiger partial charge in [-0.3, -0.25) is 9.36 Å². The Morgan fingerprint density at radius 2 is 2.20 bits per heavy atom. The Balaban J connectivity index is 0.00000156. The van der Waals surface area contributed by atoms with Gasteiger partial charge in [0.05, 0.1) is 0 Å². The number of hydrogen-bond donors (Lipinski definition) is 2. The van der Waals surface area contributed by atoms with Crippen molar-refractivity contribution in [1.29, 1.82) is 0 Å². The van der Waals surface area contributed by atoms with Crippen molar-refractivity contribution in [1.82, 2.24) is 25.2 Å². The quantitative estimate of drug-likeness (QED) is 0.800. The molecule has 3 heterocycles. The van der Waals surface area contributed by atoms with Crippen LogP contribution in [0.5, 0.6) is 0 Å². The number of carbonyl (C=O) groups excluding carboxylic acids is 1. The van der Waals surface area contributed by atoms with Gasteiger partial charge < -0.3 is 10.6 Å². The zero-order chi connectivity index (χ0) is 16.1. The molecule has 1 amide bonds. The summed E-state index contributed by atoms with van der Waals surface area (Å²) in [6.45, 7) is 4.60. The highest BCUT2D eigenvalue weighted by Gasteiger charge is 2.15. The van der Waals surface area contributed by atoms with E-state index in [-0.39, 0.29) is 30.7 Å². The third kappa shape index (κ3) is 5.99. The molecule has 6 nitrogen and oxygen atoms in total. The smallest absolute Gasteiger partial charge is 0.220 e. The Kier molecular flexibility index (Phi) is 8.89. The van der Waals surface area contributed by atoms with Gasteiger partial charge in [0.25, 0.3) is 0 Å². The van der Waals surface area contributed by atoms with Gasteiger partial charge in [-0.2, -0.15) is 0 Å². The van der Waals surface area contributed by atoms with E-state index in [1.54, 1.807) is 12.4 Å². The second kappa shape index (κ2) is 10.4. The van der Waals surface area contributed by atoms with Crippen LogP contribution in [0.25, 0.3) is 5.82 Å². The summed E-state index contributed by atoms with van der Waals surface area (Å²) in [5.74, 6) is 2.51. The van der Waals surface area contributed by atoms with Crippen LogP contribution < -0.4 is 10.6 Å². The molecule has 1 unspecified atom stereocenters. The number of halogens is 2. The van der Waals surface area contributed by atoms with Crippen LogP contribution in [0.1, 0.15) is 30.7 Å². The number of rotatable bonds is 6. The molecule has 2 aromatic heterocycles. The number of carbonyl (C=O) groups is 1. The van der Waals surface area contributed by atoms with Gasteiger partial charge >= 0.3 is 0 Å². The fourth-order valence-electron chi connectivity index (χ4n) is 2.87. The number of aryl methyl sites for hydroxylation is 1. The van der Waals surface area contributed by atoms with Gasteiger partial charge in [-0.25, -0.2) is 9.97 Å². The third-order valence-corrected chi connectivity index (χ3v) is 4.31. The maximum absolute atomic E-state index is 11.9. The van der Waals surface area contributed by atoms with E-state index in [2.05, 4.69) is 20.6 Å². The van der Waals surface area contributed by atoms with Crippen LogP contribution in [-0.2, 0) is 11.3 Å². The highest BCUT2D eigenvalue weighted by Crippen LogP contribution is 2.14. The molecule has 8 heteroatoms. The highest BCUT2D eigenvalue weighted by molar-refractivity contribution is 5.85. The van der Waals surface area contributed by atoms with Crippen LogP contribution in [0.3, 0.4) is 0 Å². The van der Waals surface area contributed by atoms with Gasteiger partial charge in [0.15, 0.2) is 0 Å². The molecule has 0 aliphatic carbocycles. The Morgan fingerprint density at radius 1 is 1.36 bits per heavy atom. The fraction of sp³-hybridized carbons (Fsp3) is 0.471. The van der Waals surface area contributed by atoms with Gasteiger partial charge in [0.2, 0.25) is 5.91 Å². The molecule has 0 saturated carbocycles. The summed E-state index contributed by atoms with van der Waals surface area (Å²) in [5.41, 5.74) is 1.00. The third-order valence-electron chi connectivity index (χ3n) is 4.31. The van der Waals surface area contributed by atoms with Crippen LogP contribution in [-0.4, -0.2) is 33.5 Å². The minimum absolute atomic E-state index is 0. The van der Waals surface area contributed by atoms with Gasteiger partial charge in [-0.05, 0) is 50.4 Å². The van der Waals surface area contributed by atoms with Crippen molar-refractivity contribution in [3.8, 4) is 5.82 Å². The van der Waals surface area contributed by atoms with Crippen LogP contribution in [0.4, 0.5) is 0 Å². The maximum Gasteiger partial charge on any atom is 0.220 e. The minimum atomic E-state index is 0. The largest absolute Gasteiger partial charge is 0.352 e. The summed E-state index contributed by atoms with van der Waals surface area (Å²) in [6, 6.07) is 3.93. The average Bonchev–Trinajstić information content (AvgIpc) is 3.23. The standard InChI is InChI=1S/C17H23N5O.2ClH/c1-13-19-8-9-22(13)16-4-2-15(11-20-16)12-21-17(23)5-3-14-6-7-18-10-14;;/h2,4,8-9,11,14,18H,3,5-7,10,12H2,1H3,(H,21,23);2*1H. The van der Waals surface area contributed by atoms with Gasteiger partial charge in [0, 0.05) is 31.6 Å². The summed E-state index contributed by atoms with van der Waals surface area (Å²) in [6.07, 6.45) is 8.20. The highest BCUT2D eigenvalue weighted by atomic mass is 35.5. The van der Waals surface area contributed by atoms with Crippen LogP contribution in [0.2, 0.25) is 0 Å². The molecule has 1 atom stereocenters. The number of hydrogen-bond acceptors (Lipinski definition) is 4. The molecule has 0 radical (unpaired) electrons. The van der Waals surface area contributed by atoms with Crippen LogP contribution in [0.15, 0.2) is 30.7 Å². The van der Waals surface area contributed by atoms with Crippen molar-refractivity contribution in [2.24, 2.45) is 5.92 Å². The summed E-state index contributed by atoms with van der Waals surface area (Å²) < 4.78 is 1.93. The molecule has 1 fully saturated rings. The number of nitrogens with one attached hydrogen (secondary N) is 2. The van der Waals surface area contributed by atoms with Crippen LogP contribution >= 0.6 is 24.8 Å². The number of amides is 1. The summed E-state index contributed by atoms with van der Waals surface area (Å²) >= 11 is 0. The Morgan fingerprint density at radius 3 is 2.80 bits per heavy atom. The summed E-state index contributed by atoms with van der Waals surface area (Å²) in [5, 5.41) is 6.30. The predicted molar refractivity (Wildman–Crippen MR) is 103 cm³/mol. The van der Waals surface area contributed by atoms with E-state index in [0.29, 0.717) is 18.9 Å². The molecule has 0 spiro atoms. The van der Waals surface area contributed by atoms with Crippen molar-refractivity contribution >= 4 is 30.7 Å².